The second-order valence-electron chi connectivity index (χ2n) is 4.42. The van der Waals surface area contributed by atoms with Crippen LogP contribution in [0.2, 0.25) is 0 Å². The van der Waals surface area contributed by atoms with E-state index in [1.807, 2.05) is 56.0 Å². The van der Waals surface area contributed by atoms with Crippen LogP contribution >= 0.6 is 0 Å². The number of rotatable bonds is 5. The molecule has 17 heavy (non-hydrogen) atoms. The van der Waals surface area contributed by atoms with E-state index >= 15 is 0 Å². The Bertz CT molecular complexity index is 348. The Labute approximate surface area is 104 Å². The van der Waals surface area contributed by atoms with E-state index in [9.17, 15) is 4.79 Å². The van der Waals surface area contributed by atoms with Crippen LogP contribution in [0.1, 0.15) is 32.3 Å². The molecule has 3 nitrogen and oxygen atoms in total. The van der Waals surface area contributed by atoms with Crippen molar-refractivity contribution in [3.8, 4) is 0 Å². The highest BCUT2D eigenvalue weighted by Gasteiger charge is 2.25. The van der Waals surface area contributed by atoms with Gasteiger partial charge in [-0.25, -0.2) is 0 Å². The lowest BCUT2D eigenvalue weighted by molar-refractivity contribution is -0.134. The summed E-state index contributed by atoms with van der Waals surface area (Å²) in [5.41, 5.74) is 6.75. The zero-order valence-corrected chi connectivity index (χ0v) is 10.9. The topological polar surface area (TPSA) is 46.3 Å². The number of benzene rings is 1. The second-order valence-corrected chi connectivity index (χ2v) is 4.42. The molecule has 0 aromatic heterocycles. The largest absolute Gasteiger partial charge is 0.340 e. The Morgan fingerprint density at radius 1 is 1.29 bits per heavy atom. The number of carbonyl (C=O) groups excluding carboxylic acids is 1. The molecule has 0 fully saturated rings. The molecule has 1 aromatic rings. The molecule has 2 N–H and O–H groups in total. The van der Waals surface area contributed by atoms with E-state index < -0.39 is 0 Å². The minimum Gasteiger partial charge on any atom is -0.340 e. The van der Waals surface area contributed by atoms with E-state index in [0.717, 1.165) is 12.1 Å². The predicted octanol–water partition coefficient (Wildman–Crippen LogP) is 1.99. The van der Waals surface area contributed by atoms with Gasteiger partial charge >= 0.3 is 0 Å². The van der Waals surface area contributed by atoms with Crippen LogP contribution in [0.25, 0.3) is 0 Å². The van der Waals surface area contributed by atoms with E-state index in [2.05, 4.69) is 0 Å². The monoisotopic (exact) mass is 234 g/mol. The van der Waals surface area contributed by atoms with E-state index in [1.54, 1.807) is 0 Å². The fourth-order valence-corrected chi connectivity index (χ4v) is 2.04. The number of hydrogen-bond donors (Lipinski definition) is 1. The van der Waals surface area contributed by atoms with Crippen molar-refractivity contribution in [3.05, 3.63) is 35.9 Å². The SMILES string of the molecule is CCN(C(=O)C(CN)c1ccccc1)C(C)C. The minimum atomic E-state index is -0.224. The standard InChI is InChI=1S/C14H22N2O/c1-4-16(11(2)3)14(17)13(10-15)12-8-6-5-7-9-12/h5-9,11,13H,4,10,15H2,1-3H3. The number of nitrogens with zero attached hydrogens (tertiary/aromatic N) is 1. The Hall–Kier alpha value is -1.35. The molecule has 0 aliphatic heterocycles. The number of nitrogens with two attached hydrogens (primary N) is 1. The van der Waals surface area contributed by atoms with Crippen LogP contribution in [-0.2, 0) is 4.79 Å². The first-order valence-corrected chi connectivity index (χ1v) is 6.17. The first-order valence-electron chi connectivity index (χ1n) is 6.17. The highest BCUT2D eigenvalue weighted by Crippen LogP contribution is 2.18. The summed E-state index contributed by atoms with van der Waals surface area (Å²) in [5, 5.41) is 0. The first kappa shape index (κ1) is 13.7. The van der Waals surface area contributed by atoms with E-state index in [-0.39, 0.29) is 17.9 Å². The van der Waals surface area contributed by atoms with Crippen molar-refractivity contribution < 1.29 is 4.79 Å². The van der Waals surface area contributed by atoms with Crippen molar-refractivity contribution in [2.24, 2.45) is 5.73 Å². The van der Waals surface area contributed by atoms with Gasteiger partial charge in [-0.1, -0.05) is 30.3 Å². The van der Waals surface area contributed by atoms with Gasteiger partial charge < -0.3 is 10.6 Å². The fourth-order valence-electron chi connectivity index (χ4n) is 2.04. The molecule has 0 aliphatic carbocycles. The molecule has 1 aromatic carbocycles. The van der Waals surface area contributed by atoms with Gasteiger partial charge in [0.15, 0.2) is 0 Å². The summed E-state index contributed by atoms with van der Waals surface area (Å²) in [7, 11) is 0. The lowest BCUT2D eigenvalue weighted by Gasteiger charge is -2.29. The smallest absolute Gasteiger partial charge is 0.231 e. The molecule has 0 saturated carbocycles. The maximum atomic E-state index is 12.4. The predicted molar refractivity (Wildman–Crippen MR) is 70.8 cm³/mol. The maximum Gasteiger partial charge on any atom is 0.231 e. The number of amides is 1. The number of hydrogen-bond acceptors (Lipinski definition) is 2. The van der Waals surface area contributed by atoms with Crippen LogP contribution in [-0.4, -0.2) is 29.9 Å². The second kappa shape index (κ2) is 6.40. The summed E-state index contributed by atoms with van der Waals surface area (Å²) in [6.07, 6.45) is 0. The Balaban J connectivity index is 2.91. The van der Waals surface area contributed by atoms with Crippen LogP contribution in [0.5, 0.6) is 0 Å². The lowest BCUT2D eigenvalue weighted by atomic mass is 9.97. The average molecular weight is 234 g/mol. The lowest BCUT2D eigenvalue weighted by Crippen LogP contribution is -2.41. The fraction of sp³-hybridized carbons (Fsp3) is 0.500. The molecule has 1 unspecified atom stereocenters. The van der Waals surface area contributed by atoms with Crippen molar-refractivity contribution in [1.82, 2.24) is 4.90 Å². The molecule has 94 valence electrons. The molecular formula is C14H22N2O. The molecule has 0 radical (unpaired) electrons. The Morgan fingerprint density at radius 2 is 1.88 bits per heavy atom. The Kier molecular flexibility index (Phi) is 5.16. The van der Waals surface area contributed by atoms with Gasteiger partial charge in [0.2, 0.25) is 5.91 Å². The van der Waals surface area contributed by atoms with Crippen LogP contribution in [0.3, 0.4) is 0 Å². The molecule has 1 amide bonds. The third-order valence-electron chi connectivity index (χ3n) is 2.98. The third kappa shape index (κ3) is 3.30. The van der Waals surface area contributed by atoms with Crippen LogP contribution in [0, 0.1) is 0 Å². The van der Waals surface area contributed by atoms with E-state index in [0.29, 0.717) is 6.54 Å². The summed E-state index contributed by atoms with van der Waals surface area (Å²) < 4.78 is 0. The minimum absolute atomic E-state index is 0.121. The Morgan fingerprint density at radius 3 is 2.29 bits per heavy atom. The van der Waals surface area contributed by atoms with Gasteiger partial charge in [0.05, 0.1) is 5.92 Å². The molecule has 3 heteroatoms. The maximum absolute atomic E-state index is 12.4. The molecule has 1 rings (SSSR count). The van der Waals surface area contributed by atoms with Crippen molar-refractivity contribution in [2.75, 3.05) is 13.1 Å². The van der Waals surface area contributed by atoms with Gasteiger partial charge in [0, 0.05) is 19.1 Å². The highest BCUT2D eigenvalue weighted by molar-refractivity contribution is 5.84. The van der Waals surface area contributed by atoms with Crippen molar-refractivity contribution >= 4 is 5.91 Å². The molecule has 0 spiro atoms. The van der Waals surface area contributed by atoms with E-state index in [4.69, 9.17) is 5.73 Å². The summed E-state index contributed by atoms with van der Waals surface area (Å²) in [5.74, 6) is -0.102. The normalized spacial score (nSPS) is 12.5. The van der Waals surface area contributed by atoms with Gasteiger partial charge in [-0.05, 0) is 26.3 Å². The summed E-state index contributed by atoms with van der Waals surface area (Å²) in [6.45, 7) is 7.13. The number of carbonyl (C=O) groups is 1. The van der Waals surface area contributed by atoms with Crippen molar-refractivity contribution in [3.63, 3.8) is 0 Å². The number of likely N-dealkylation sites (N-methyl/N-ethyl adjacent to an activating group) is 1. The van der Waals surface area contributed by atoms with Gasteiger partial charge in [0.1, 0.15) is 0 Å². The zero-order valence-electron chi connectivity index (χ0n) is 10.9. The summed E-state index contributed by atoms with van der Waals surface area (Å²) in [6, 6.07) is 9.97. The molecule has 0 heterocycles. The summed E-state index contributed by atoms with van der Waals surface area (Å²) >= 11 is 0. The highest BCUT2D eigenvalue weighted by atomic mass is 16.2. The van der Waals surface area contributed by atoms with Crippen molar-refractivity contribution in [1.29, 1.82) is 0 Å². The quantitative estimate of drug-likeness (QED) is 0.847. The van der Waals surface area contributed by atoms with Gasteiger partial charge in [-0.3, -0.25) is 4.79 Å². The van der Waals surface area contributed by atoms with Crippen molar-refractivity contribution in [2.45, 2.75) is 32.7 Å². The third-order valence-corrected chi connectivity index (χ3v) is 2.98. The molecule has 1 atom stereocenters. The van der Waals surface area contributed by atoms with Crippen LogP contribution < -0.4 is 5.73 Å². The molecule has 0 bridgehead atoms. The van der Waals surface area contributed by atoms with Crippen LogP contribution in [0.15, 0.2) is 30.3 Å². The zero-order chi connectivity index (χ0) is 12.8. The molecule has 0 saturated heterocycles. The molecule has 0 aliphatic rings. The van der Waals surface area contributed by atoms with Gasteiger partial charge in [-0.2, -0.15) is 0 Å². The van der Waals surface area contributed by atoms with Gasteiger partial charge in [0.25, 0.3) is 0 Å². The van der Waals surface area contributed by atoms with Gasteiger partial charge in [-0.15, -0.1) is 0 Å². The first-order chi connectivity index (χ1) is 8.11. The average Bonchev–Trinajstić information content (AvgIpc) is 2.31. The van der Waals surface area contributed by atoms with Crippen LogP contribution in [0.4, 0.5) is 0 Å². The van der Waals surface area contributed by atoms with E-state index in [1.165, 1.54) is 0 Å². The molecular weight excluding hydrogens is 212 g/mol. The summed E-state index contributed by atoms with van der Waals surface area (Å²) in [4.78, 5) is 14.3.